The van der Waals surface area contributed by atoms with Crippen LogP contribution in [0, 0.1) is 0 Å². The molecule has 2 rings (SSSR count). The number of nitrogens with one attached hydrogen (secondary N) is 1. The van der Waals surface area contributed by atoms with E-state index in [1.54, 1.807) is 18.2 Å². The van der Waals surface area contributed by atoms with Crippen LogP contribution in [0.15, 0.2) is 29.0 Å². The molecule has 22 heavy (non-hydrogen) atoms. The van der Waals surface area contributed by atoms with Crippen molar-refractivity contribution in [2.45, 2.75) is 12.6 Å². The Morgan fingerprint density at radius 3 is 2.82 bits per heavy atom. The fourth-order valence-electron chi connectivity index (χ4n) is 1.76. The van der Waals surface area contributed by atoms with E-state index in [2.05, 4.69) is 36.8 Å². The summed E-state index contributed by atoms with van der Waals surface area (Å²) in [6.07, 6.45) is 1.26. The molecule has 0 spiro atoms. The summed E-state index contributed by atoms with van der Waals surface area (Å²) < 4.78 is 6.87. The molecule has 116 valence electrons. The number of methoxy groups -OCH3 is 1. The number of carboxylic acids is 1. The maximum Gasteiger partial charge on any atom is 0.330 e. The average molecular weight is 370 g/mol. The number of hydrogen-bond acceptors (Lipinski definition) is 6. The SMILES string of the molecule is COc1ccc(C(NC(=O)Cn2cnnn2)C(=O)O)cc1Br. The number of hydrogen-bond donors (Lipinski definition) is 2. The van der Waals surface area contributed by atoms with Gasteiger partial charge in [-0.05, 0) is 44.1 Å². The highest BCUT2D eigenvalue weighted by Gasteiger charge is 2.23. The number of nitrogens with zero attached hydrogens (tertiary/aromatic N) is 4. The molecule has 0 saturated heterocycles. The molecule has 0 aliphatic rings. The zero-order chi connectivity index (χ0) is 16.1. The maximum absolute atomic E-state index is 11.9. The fraction of sp³-hybridized carbons (Fsp3) is 0.250. The Hall–Kier alpha value is -2.49. The van der Waals surface area contributed by atoms with Crippen molar-refractivity contribution in [3.05, 3.63) is 34.6 Å². The first-order chi connectivity index (χ1) is 10.5. The molecule has 1 amide bonds. The van der Waals surface area contributed by atoms with Crippen molar-refractivity contribution >= 4 is 27.8 Å². The molecule has 0 saturated carbocycles. The summed E-state index contributed by atoms with van der Waals surface area (Å²) in [7, 11) is 1.50. The quantitative estimate of drug-likeness (QED) is 0.755. The van der Waals surface area contributed by atoms with Gasteiger partial charge in [0.05, 0.1) is 11.6 Å². The molecule has 2 N–H and O–H groups in total. The third kappa shape index (κ3) is 3.79. The minimum absolute atomic E-state index is 0.173. The number of ether oxygens (including phenoxy) is 1. The van der Waals surface area contributed by atoms with Gasteiger partial charge in [-0.1, -0.05) is 6.07 Å². The minimum atomic E-state index is -1.19. The van der Waals surface area contributed by atoms with Crippen LogP contribution >= 0.6 is 15.9 Å². The first-order valence-electron chi connectivity index (χ1n) is 6.07. The number of amides is 1. The normalized spacial score (nSPS) is 11.7. The van der Waals surface area contributed by atoms with Gasteiger partial charge in [-0.3, -0.25) is 4.79 Å². The van der Waals surface area contributed by atoms with Gasteiger partial charge in [-0.2, -0.15) is 0 Å². The number of benzene rings is 1. The van der Waals surface area contributed by atoms with Crippen LogP contribution in [0.4, 0.5) is 0 Å². The molecule has 2 aromatic rings. The molecule has 0 bridgehead atoms. The Kier molecular flexibility index (Phi) is 5.04. The Bertz CT molecular complexity index is 676. The molecule has 0 radical (unpaired) electrons. The smallest absolute Gasteiger partial charge is 0.330 e. The Balaban J connectivity index is 2.14. The topological polar surface area (TPSA) is 119 Å². The lowest BCUT2D eigenvalue weighted by Gasteiger charge is -2.16. The number of carboxylic acid groups (broad SMARTS) is 1. The molecule has 0 aliphatic carbocycles. The van der Waals surface area contributed by atoms with E-state index in [1.807, 2.05) is 0 Å². The van der Waals surface area contributed by atoms with Crippen molar-refractivity contribution in [2.24, 2.45) is 0 Å². The number of halogens is 1. The summed E-state index contributed by atoms with van der Waals surface area (Å²) in [6.45, 7) is -0.173. The van der Waals surface area contributed by atoms with Gasteiger partial charge in [-0.25, -0.2) is 9.48 Å². The van der Waals surface area contributed by atoms with Crippen LogP contribution in [0.25, 0.3) is 0 Å². The van der Waals surface area contributed by atoms with Crippen molar-refractivity contribution in [3.8, 4) is 5.75 Å². The van der Waals surface area contributed by atoms with Crippen LogP contribution in [-0.4, -0.2) is 44.3 Å². The largest absolute Gasteiger partial charge is 0.496 e. The molecule has 1 heterocycles. The van der Waals surface area contributed by atoms with E-state index in [1.165, 1.54) is 18.1 Å². The van der Waals surface area contributed by atoms with E-state index in [0.717, 1.165) is 0 Å². The van der Waals surface area contributed by atoms with Crippen LogP contribution in [0.1, 0.15) is 11.6 Å². The van der Waals surface area contributed by atoms with E-state index >= 15 is 0 Å². The molecule has 1 aromatic carbocycles. The molecule has 9 nitrogen and oxygen atoms in total. The number of carbonyl (C=O) groups excluding carboxylic acids is 1. The van der Waals surface area contributed by atoms with Gasteiger partial charge in [-0.15, -0.1) is 5.10 Å². The molecule has 0 aliphatic heterocycles. The highest BCUT2D eigenvalue weighted by molar-refractivity contribution is 9.10. The van der Waals surface area contributed by atoms with Gasteiger partial charge < -0.3 is 15.2 Å². The maximum atomic E-state index is 11.9. The molecule has 10 heteroatoms. The third-order valence-corrected chi connectivity index (χ3v) is 3.38. The minimum Gasteiger partial charge on any atom is -0.496 e. The number of aromatic nitrogens is 4. The van der Waals surface area contributed by atoms with E-state index in [0.29, 0.717) is 15.8 Å². The van der Waals surface area contributed by atoms with Gasteiger partial charge in [0.15, 0.2) is 6.04 Å². The first-order valence-corrected chi connectivity index (χ1v) is 6.87. The van der Waals surface area contributed by atoms with E-state index < -0.39 is 17.9 Å². The predicted molar refractivity (Wildman–Crippen MR) is 77.0 cm³/mol. The van der Waals surface area contributed by atoms with Crippen LogP contribution < -0.4 is 10.1 Å². The van der Waals surface area contributed by atoms with Gasteiger partial charge in [0.2, 0.25) is 5.91 Å². The molecule has 1 unspecified atom stereocenters. The second-order valence-electron chi connectivity index (χ2n) is 4.24. The zero-order valence-corrected chi connectivity index (χ0v) is 13.0. The van der Waals surface area contributed by atoms with Crippen LogP contribution in [0.3, 0.4) is 0 Å². The third-order valence-electron chi connectivity index (χ3n) is 2.76. The standard InChI is InChI=1S/C12H12BrN5O4/c1-22-9-3-2-7(4-8(9)13)11(12(20)21)15-10(19)5-18-6-14-16-17-18/h2-4,6,11H,5H2,1H3,(H,15,19)(H,20,21). The fourth-order valence-corrected chi connectivity index (χ4v) is 2.31. The van der Waals surface area contributed by atoms with Gasteiger partial charge >= 0.3 is 5.97 Å². The van der Waals surface area contributed by atoms with Gasteiger partial charge in [0.25, 0.3) is 0 Å². The highest BCUT2D eigenvalue weighted by Crippen LogP contribution is 2.28. The molecule has 0 fully saturated rings. The summed E-state index contributed by atoms with van der Waals surface area (Å²) in [6, 6.07) is 3.57. The lowest BCUT2D eigenvalue weighted by Crippen LogP contribution is -2.36. The monoisotopic (exact) mass is 369 g/mol. The molecular weight excluding hydrogens is 358 g/mol. The first kappa shape index (κ1) is 15.9. The van der Waals surface area contributed by atoms with Crippen LogP contribution in [0.5, 0.6) is 5.75 Å². The summed E-state index contributed by atoms with van der Waals surface area (Å²) in [5.74, 6) is -1.14. The summed E-state index contributed by atoms with van der Waals surface area (Å²) in [5, 5.41) is 22.1. The van der Waals surface area contributed by atoms with Gasteiger partial charge in [0.1, 0.15) is 18.6 Å². The average Bonchev–Trinajstić information content (AvgIpc) is 2.97. The second-order valence-corrected chi connectivity index (χ2v) is 5.09. The van der Waals surface area contributed by atoms with Crippen LogP contribution in [0.2, 0.25) is 0 Å². The van der Waals surface area contributed by atoms with E-state index in [4.69, 9.17) is 4.74 Å². The van der Waals surface area contributed by atoms with Crippen molar-refractivity contribution in [3.63, 3.8) is 0 Å². The molecular formula is C12H12BrN5O4. The lowest BCUT2D eigenvalue weighted by atomic mass is 10.1. The summed E-state index contributed by atoms with van der Waals surface area (Å²) in [5.41, 5.74) is 0.408. The number of rotatable bonds is 6. The van der Waals surface area contributed by atoms with E-state index in [9.17, 15) is 14.7 Å². The lowest BCUT2D eigenvalue weighted by molar-refractivity contribution is -0.142. The zero-order valence-electron chi connectivity index (χ0n) is 11.4. The number of tetrazole rings is 1. The molecule has 1 atom stereocenters. The van der Waals surface area contributed by atoms with Crippen molar-refractivity contribution in [1.29, 1.82) is 0 Å². The van der Waals surface area contributed by atoms with E-state index in [-0.39, 0.29) is 6.54 Å². The molecule has 1 aromatic heterocycles. The predicted octanol–water partition coefficient (Wildman–Crippen LogP) is 0.386. The van der Waals surface area contributed by atoms with Crippen molar-refractivity contribution in [1.82, 2.24) is 25.5 Å². The summed E-state index contributed by atoms with van der Waals surface area (Å²) in [4.78, 5) is 23.3. The van der Waals surface area contributed by atoms with Crippen molar-refractivity contribution < 1.29 is 19.4 Å². The Labute approximate surface area is 133 Å². The summed E-state index contributed by atoms with van der Waals surface area (Å²) >= 11 is 3.28. The Morgan fingerprint density at radius 2 is 2.27 bits per heavy atom. The Morgan fingerprint density at radius 1 is 1.50 bits per heavy atom. The number of carbonyl (C=O) groups is 2. The van der Waals surface area contributed by atoms with Crippen molar-refractivity contribution in [2.75, 3.05) is 7.11 Å². The highest BCUT2D eigenvalue weighted by atomic mass is 79.9. The second kappa shape index (κ2) is 6.98. The number of aliphatic carboxylic acids is 1. The van der Waals surface area contributed by atoms with Crippen LogP contribution in [-0.2, 0) is 16.1 Å². The van der Waals surface area contributed by atoms with Gasteiger partial charge in [0, 0.05) is 0 Å².